The second kappa shape index (κ2) is 7.78. The Balaban J connectivity index is 2.04. The summed E-state index contributed by atoms with van der Waals surface area (Å²) in [5, 5.41) is 0.905. The van der Waals surface area contributed by atoms with E-state index in [0.29, 0.717) is 12.1 Å². The Hall–Kier alpha value is -2.88. The summed E-state index contributed by atoms with van der Waals surface area (Å²) in [6.45, 7) is 8.64. The molecular formula is C23H26N2O2. The average Bonchev–Trinajstić information content (AvgIpc) is 2.68. The van der Waals surface area contributed by atoms with E-state index in [4.69, 9.17) is 4.74 Å². The average molecular weight is 362 g/mol. The van der Waals surface area contributed by atoms with Gasteiger partial charge in [0, 0.05) is 17.6 Å². The molecule has 0 radical (unpaired) electrons. The summed E-state index contributed by atoms with van der Waals surface area (Å²) in [4.78, 5) is 20.0. The van der Waals surface area contributed by atoms with E-state index in [-0.39, 0.29) is 11.9 Å². The zero-order valence-electron chi connectivity index (χ0n) is 16.6. The third kappa shape index (κ3) is 3.80. The minimum absolute atomic E-state index is 0.0221. The van der Waals surface area contributed by atoms with E-state index < -0.39 is 0 Å². The van der Waals surface area contributed by atoms with Crippen molar-refractivity contribution < 1.29 is 9.53 Å². The molecule has 4 heteroatoms. The van der Waals surface area contributed by atoms with Crippen molar-refractivity contribution >= 4 is 16.8 Å². The van der Waals surface area contributed by atoms with Crippen LogP contribution >= 0.6 is 0 Å². The first-order valence-electron chi connectivity index (χ1n) is 9.27. The normalized spacial score (nSPS) is 12.0. The van der Waals surface area contributed by atoms with Crippen LogP contribution in [0.4, 0.5) is 0 Å². The third-order valence-corrected chi connectivity index (χ3v) is 4.97. The highest BCUT2D eigenvalue weighted by Gasteiger charge is 2.23. The van der Waals surface area contributed by atoms with Crippen molar-refractivity contribution in [2.75, 3.05) is 13.7 Å². The number of ether oxygens (including phenoxy) is 1. The SMILES string of the molecule is CCN(C(=O)c1cc(C)nc2ccc(C)cc12)C(C)c1cccc(OC)c1. The van der Waals surface area contributed by atoms with Crippen LogP contribution in [-0.4, -0.2) is 29.4 Å². The summed E-state index contributed by atoms with van der Waals surface area (Å²) in [5.41, 5.74) is 4.58. The fraction of sp³-hybridized carbons (Fsp3) is 0.304. The lowest BCUT2D eigenvalue weighted by Crippen LogP contribution is -2.33. The topological polar surface area (TPSA) is 42.4 Å². The fourth-order valence-electron chi connectivity index (χ4n) is 3.48. The number of hydrogen-bond acceptors (Lipinski definition) is 3. The van der Waals surface area contributed by atoms with Crippen molar-refractivity contribution in [2.24, 2.45) is 0 Å². The number of amides is 1. The van der Waals surface area contributed by atoms with Crippen LogP contribution in [0.1, 0.15) is 47.1 Å². The summed E-state index contributed by atoms with van der Waals surface area (Å²) in [6.07, 6.45) is 0. The molecule has 140 valence electrons. The van der Waals surface area contributed by atoms with Crippen LogP contribution in [0.3, 0.4) is 0 Å². The van der Waals surface area contributed by atoms with Gasteiger partial charge in [-0.05, 0) is 63.6 Å². The lowest BCUT2D eigenvalue weighted by molar-refractivity contribution is 0.0704. The number of aryl methyl sites for hydroxylation is 2. The van der Waals surface area contributed by atoms with E-state index in [2.05, 4.69) is 11.9 Å². The van der Waals surface area contributed by atoms with Crippen molar-refractivity contribution in [3.8, 4) is 5.75 Å². The van der Waals surface area contributed by atoms with Crippen LogP contribution < -0.4 is 4.74 Å². The van der Waals surface area contributed by atoms with Gasteiger partial charge in [-0.25, -0.2) is 0 Å². The molecule has 1 unspecified atom stereocenters. The highest BCUT2D eigenvalue weighted by molar-refractivity contribution is 6.06. The van der Waals surface area contributed by atoms with E-state index in [1.165, 1.54) is 0 Å². The van der Waals surface area contributed by atoms with Crippen molar-refractivity contribution in [2.45, 2.75) is 33.7 Å². The first-order valence-corrected chi connectivity index (χ1v) is 9.27. The summed E-state index contributed by atoms with van der Waals surface area (Å²) in [5.74, 6) is 0.817. The molecule has 4 nitrogen and oxygen atoms in total. The number of nitrogens with zero attached hydrogens (tertiary/aromatic N) is 2. The number of pyridine rings is 1. The highest BCUT2D eigenvalue weighted by Crippen LogP contribution is 2.28. The van der Waals surface area contributed by atoms with Crippen LogP contribution in [-0.2, 0) is 0 Å². The van der Waals surface area contributed by atoms with Crippen molar-refractivity contribution in [1.82, 2.24) is 9.88 Å². The first-order chi connectivity index (χ1) is 12.9. The molecule has 0 aliphatic rings. The lowest BCUT2D eigenvalue weighted by atomic mass is 10.0. The summed E-state index contributed by atoms with van der Waals surface area (Å²) >= 11 is 0. The molecule has 3 aromatic rings. The third-order valence-electron chi connectivity index (χ3n) is 4.97. The summed E-state index contributed by atoms with van der Waals surface area (Å²) < 4.78 is 5.34. The van der Waals surface area contributed by atoms with Gasteiger partial charge in [0.1, 0.15) is 5.75 Å². The number of rotatable bonds is 5. The fourth-order valence-corrected chi connectivity index (χ4v) is 3.48. The Bertz CT molecular complexity index is 981. The number of methoxy groups -OCH3 is 1. The molecule has 0 aliphatic carbocycles. The molecule has 27 heavy (non-hydrogen) atoms. The van der Waals surface area contributed by atoms with Crippen LogP contribution in [0, 0.1) is 13.8 Å². The smallest absolute Gasteiger partial charge is 0.255 e. The van der Waals surface area contributed by atoms with E-state index in [9.17, 15) is 4.79 Å². The van der Waals surface area contributed by atoms with E-state index >= 15 is 0 Å². The Kier molecular flexibility index (Phi) is 5.45. The van der Waals surface area contributed by atoms with Gasteiger partial charge in [-0.15, -0.1) is 0 Å². The minimum Gasteiger partial charge on any atom is -0.497 e. The second-order valence-electron chi connectivity index (χ2n) is 6.88. The van der Waals surface area contributed by atoms with Crippen molar-refractivity contribution in [3.63, 3.8) is 0 Å². The van der Waals surface area contributed by atoms with Crippen LogP contribution in [0.2, 0.25) is 0 Å². The van der Waals surface area contributed by atoms with Gasteiger partial charge in [0.15, 0.2) is 0 Å². The first kappa shape index (κ1) is 18.9. The molecule has 2 aromatic carbocycles. The number of hydrogen-bond donors (Lipinski definition) is 0. The predicted molar refractivity (Wildman–Crippen MR) is 109 cm³/mol. The molecule has 1 atom stereocenters. The van der Waals surface area contributed by atoms with E-state index in [0.717, 1.165) is 33.5 Å². The minimum atomic E-state index is -0.0640. The highest BCUT2D eigenvalue weighted by atomic mass is 16.5. The lowest BCUT2D eigenvalue weighted by Gasteiger charge is -2.29. The molecule has 0 spiro atoms. The molecule has 0 bridgehead atoms. The van der Waals surface area contributed by atoms with Gasteiger partial charge in [-0.3, -0.25) is 9.78 Å². The molecule has 0 saturated carbocycles. The summed E-state index contributed by atoms with van der Waals surface area (Å²) in [6, 6.07) is 15.8. The number of benzene rings is 2. The number of carbonyl (C=O) groups excluding carboxylic acids is 1. The van der Waals surface area contributed by atoms with Gasteiger partial charge < -0.3 is 9.64 Å². The van der Waals surface area contributed by atoms with Gasteiger partial charge in [-0.2, -0.15) is 0 Å². The van der Waals surface area contributed by atoms with Crippen LogP contribution in [0.15, 0.2) is 48.5 Å². The van der Waals surface area contributed by atoms with Gasteiger partial charge in [-0.1, -0.05) is 23.8 Å². The molecule has 1 heterocycles. The Morgan fingerprint density at radius 1 is 1.15 bits per heavy atom. The number of aromatic nitrogens is 1. The van der Waals surface area contributed by atoms with Gasteiger partial charge in [0.2, 0.25) is 0 Å². The molecule has 3 rings (SSSR count). The number of fused-ring (bicyclic) bond motifs is 1. The monoisotopic (exact) mass is 362 g/mol. The largest absolute Gasteiger partial charge is 0.497 e. The molecule has 1 aromatic heterocycles. The Morgan fingerprint density at radius 3 is 2.63 bits per heavy atom. The maximum absolute atomic E-state index is 13.5. The van der Waals surface area contributed by atoms with Gasteiger partial charge in [0.05, 0.1) is 24.2 Å². The van der Waals surface area contributed by atoms with E-state index in [1.54, 1.807) is 7.11 Å². The van der Waals surface area contributed by atoms with Crippen molar-refractivity contribution in [1.29, 1.82) is 0 Å². The molecule has 1 amide bonds. The standard InChI is InChI=1S/C23H26N2O2/c1-6-25(17(4)18-8-7-9-19(14-18)27-5)23(26)21-13-16(3)24-22-11-10-15(2)12-20(21)22/h7-14,17H,6H2,1-5H3. The molecule has 0 fully saturated rings. The molecule has 0 saturated heterocycles. The van der Waals surface area contributed by atoms with E-state index in [1.807, 2.05) is 74.2 Å². The molecular weight excluding hydrogens is 336 g/mol. The second-order valence-corrected chi connectivity index (χ2v) is 6.88. The molecule has 0 N–H and O–H groups in total. The van der Waals surface area contributed by atoms with Gasteiger partial charge in [0.25, 0.3) is 5.91 Å². The maximum Gasteiger partial charge on any atom is 0.255 e. The quantitative estimate of drug-likeness (QED) is 0.635. The van der Waals surface area contributed by atoms with Crippen LogP contribution in [0.5, 0.6) is 5.75 Å². The number of carbonyl (C=O) groups is 1. The zero-order chi connectivity index (χ0) is 19.6. The zero-order valence-corrected chi connectivity index (χ0v) is 16.6. The molecule has 0 aliphatic heterocycles. The predicted octanol–water partition coefficient (Wildman–Crippen LogP) is 5.08. The Morgan fingerprint density at radius 2 is 1.93 bits per heavy atom. The van der Waals surface area contributed by atoms with Gasteiger partial charge >= 0.3 is 0 Å². The maximum atomic E-state index is 13.5. The van der Waals surface area contributed by atoms with Crippen LogP contribution in [0.25, 0.3) is 10.9 Å². The Labute approximate surface area is 160 Å². The summed E-state index contributed by atoms with van der Waals surface area (Å²) in [7, 11) is 1.65. The van der Waals surface area contributed by atoms with Crippen molar-refractivity contribution in [3.05, 3.63) is 70.9 Å².